The minimum absolute atomic E-state index is 0.0907. The highest BCUT2D eigenvalue weighted by Gasteiger charge is 2.14. The summed E-state index contributed by atoms with van der Waals surface area (Å²) in [5.74, 6) is 0.568. The van der Waals surface area contributed by atoms with Gasteiger partial charge in [0.2, 0.25) is 0 Å². The quantitative estimate of drug-likeness (QED) is 0.462. The van der Waals surface area contributed by atoms with Gasteiger partial charge in [0, 0.05) is 13.0 Å². The summed E-state index contributed by atoms with van der Waals surface area (Å²) in [4.78, 5) is 44.9. The van der Waals surface area contributed by atoms with Gasteiger partial charge in [-0.3, -0.25) is 19.6 Å². The fourth-order valence-corrected chi connectivity index (χ4v) is 3.92. The van der Waals surface area contributed by atoms with Crippen molar-refractivity contribution in [2.75, 3.05) is 6.61 Å². The summed E-state index contributed by atoms with van der Waals surface area (Å²) in [6.45, 7) is 2.75. The molecule has 2 aromatic heterocycles. The van der Waals surface area contributed by atoms with E-state index in [2.05, 4.69) is 26.3 Å². The van der Waals surface area contributed by atoms with Crippen molar-refractivity contribution in [2.24, 2.45) is 0 Å². The lowest BCUT2D eigenvalue weighted by Crippen LogP contribution is -2.26. The first kappa shape index (κ1) is 19.7. The normalized spacial score (nSPS) is 12.4. The highest BCUT2D eigenvalue weighted by molar-refractivity contribution is 5.95. The molecule has 8 heteroatoms. The van der Waals surface area contributed by atoms with Crippen LogP contribution in [0.25, 0.3) is 22.2 Å². The number of fused-ring (bicyclic) bond motifs is 2. The van der Waals surface area contributed by atoms with Crippen LogP contribution in [0.4, 0.5) is 0 Å². The smallest absolute Gasteiger partial charge is 0.327 e. The number of nitrogens with one attached hydrogen (secondary N) is 3. The van der Waals surface area contributed by atoms with Gasteiger partial charge in [0.05, 0.1) is 12.0 Å². The molecular formula is C24H20N4O4. The second kappa shape index (κ2) is 7.81. The minimum atomic E-state index is -0.664. The molecule has 0 unspecified atom stereocenters. The molecule has 3 heterocycles. The highest BCUT2D eigenvalue weighted by atomic mass is 16.5. The van der Waals surface area contributed by atoms with E-state index in [0.717, 1.165) is 35.5 Å². The number of rotatable bonds is 4. The Labute approximate surface area is 182 Å². The van der Waals surface area contributed by atoms with Crippen LogP contribution in [0.5, 0.6) is 5.75 Å². The van der Waals surface area contributed by atoms with Crippen LogP contribution in [0.3, 0.4) is 0 Å². The molecule has 0 spiro atoms. The summed E-state index contributed by atoms with van der Waals surface area (Å²) < 4.78 is 5.56. The van der Waals surface area contributed by atoms with Crippen LogP contribution in [-0.2, 0) is 13.0 Å². The van der Waals surface area contributed by atoms with Gasteiger partial charge in [-0.15, -0.1) is 0 Å². The molecule has 160 valence electrons. The highest BCUT2D eigenvalue weighted by Crippen LogP contribution is 2.30. The fourth-order valence-electron chi connectivity index (χ4n) is 3.92. The number of carbonyl (C=O) groups is 1. The molecule has 5 rings (SSSR count). The molecule has 0 saturated carbocycles. The van der Waals surface area contributed by atoms with Crippen LogP contribution in [0.15, 0.2) is 58.1 Å². The zero-order chi connectivity index (χ0) is 22.2. The van der Waals surface area contributed by atoms with Gasteiger partial charge in [-0.1, -0.05) is 30.3 Å². The van der Waals surface area contributed by atoms with E-state index in [4.69, 9.17) is 4.74 Å². The Kier molecular flexibility index (Phi) is 4.82. The Morgan fingerprint density at radius 3 is 2.66 bits per heavy atom. The maximum atomic E-state index is 12.6. The third-order valence-electron chi connectivity index (χ3n) is 5.57. The van der Waals surface area contributed by atoms with Crippen molar-refractivity contribution < 1.29 is 9.53 Å². The molecular weight excluding hydrogens is 408 g/mol. The molecule has 0 radical (unpaired) electrons. The summed E-state index contributed by atoms with van der Waals surface area (Å²) in [6, 6.07) is 15.7. The van der Waals surface area contributed by atoms with Crippen molar-refractivity contribution in [1.29, 1.82) is 0 Å². The summed E-state index contributed by atoms with van der Waals surface area (Å²) in [5, 5.41) is 3.09. The second-order valence-electron chi connectivity index (χ2n) is 7.76. The first-order valence-electron chi connectivity index (χ1n) is 10.2. The molecule has 0 aliphatic carbocycles. The molecule has 4 aromatic rings. The molecule has 0 saturated heterocycles. The fraction of sp³-hybridized carbons (Fsp3) is 0.167. The van der Waals surface area contributed by atoms with E-state index < -0.39 is 11.2 Å². The predicted molar refractivity (Wildman–Crippen MR) is 120 cm³/mol. The standard InChI is InChI=1S/C24H20N4O4/c1-13-10-18(26-21-20(13)23(30)28-24(31)27-21)22(29)25-12-14-2-4-15(5-3-14)16-6-7-19-17(11-16)8-9-32-19/h2-7,10-11H,8-9,12H2,1H3,(H,25,29)(H2,26,27,28,30,31). The van der Waals surface area contributed by atoms with Crippen molar-refractivity contribution in [2.45, 2.75) is 19.9 Å². The molecule has 2 aromatic carbocycles. The van der Waals surface area contributed by atoms with Gasteiger partial charge in [0.15, 0.2) is 0 Å². The van der Waals surface area contributed by atoms with Crippen LogP contribution < -0.4 is 21.3 Å². The lowest BCUT2D eigenvalue weighted by atomic mass is 10.0. The zero-order valence-electron chi connectivity index (χ0n) is 17.3. The molecule has 3 N–H and O–H groups in total. The Morgan fingerprint density at radius 2 is 1.84 bits per heavy atom. The van der Waals surface area contributed by atoms with E-state index in [-0.39, 0.29) is 22.6 Å². The number of amides is 1. The average Bonchev–Trinajstić information content (AvgIpc) is 3.25. The van der Waals surface area contributed by atoms with Crippen LogP contribution in [0.1, 0.15) is 27.2 Å². The number of aromatic nitrogens is 3. The van der Waals surface area contributed by atoms with Crippen LogP contribution in [0, 0.1) is 6.92 Å². The third-order valence-corrected chi connectivity index (χ3v) is 5.57. The number of benzene rings is 2. The monoisotopic (exact) mass is 428 g/mol. The predicted octanol–water partition coefficient (Wildman–Crippen LogP) is 2.45. The van der Waals surface area contributed by atoms with E-state index in [1.54, 1.807) is 6.92 Å². The van der Waals surface area contributed by atoms with Gasteiger partial charge in [-0.2, -0.15) is 0 Å². The summed E-state index contributed by atoms with van der Waals surface area (Å²) in [5.41, 5.74) is 3.97. The van der Waals surface area contributed by atoms with Gasteiger partial charge in [-0.05, 0) is 52.9 Å². The molecule has 0 bridgehead atoms. The molecule has 0 atom stereocenters. The van der Waals surface area contributed by atoms with Gasteiger partial charge in [0.1, 0.15) is 17.1 Å². The van der Waals surface area contributed by atoms with E-state index in [1.807, 2.05) is 36.4 Å². The minimum Gasteiger partial charge on any atom is -0.493 e. The summed E-state index contributed by atoms with van der Waals surface area (Å²) in [7, 11) is 0. The number of nitrogens with zero attached hydrogens (tertiary/aromatic N) is 1. The van der Waals surface area contributed by atoms with Crippen molar-refractivity contribution in [3.05, 3.63) is 91.8 Å². The lowest BCUT2D eigenvalue weighted by Gasteiger charge is -2.09. The number of ether oxygens (including phenoxy) is 1. The number of hydrogen-bond acceptors (Lipinski definition) is 5. The van der Waals surface area contributed by atoms with E-state index >= 15 is 0 Å². The molecule has 32 heavy (non-hydrogen) atoms. The SMILES string of the molecule is Cc1cc(C(=O)NCc2ccc(-c3ccc4c(c3)CCO4)cc2)nc2[nH]c(=O)[nH]c(=O)c12. The molecule has 1 aliphatic heterocycles. The largest absolute Gasteiger partial charge is 0.493 e. The summed E-state index contributed by atoms with van der Waals surface area (Å²) >= 11 is 0. The van der Waals surface area contributed by atoms with Gasteiger partial charge in [0.25, 0.3) is 11.5 Å². The number of hydrogen-bond donors (Lipinski definition) is 3. The van der Waals surface area contributed by atoms with E-state index in [0.29, 0.717) is 12.1 Å². The zero-order valence-corrected chi connectivity index (χ0v) is 17.3. The second-order valence-corrected chi connectivity index (χ2v) is 7.76. The maximum absolute atomic E-state index is 12.6. The summed E-state index contributed by atoms with van der Waals surface area (Å²) in [6.07, 6.45) is 0.928. The van der Waals surface area contributed by atoms with Gasteiger partial charge < -0.3 is 10.1 Å². The Morgan fingerprint density at radius 1 is 1.06 bits per heavy atom. The Balaban J connectivity index is 1.31. The maximum Gasteiger partial charge on any atom is 0.327 e. The Hall–Kier alpha value is -4.20. The first-order chi connectivity index (χ1) is 15.5. The Bertz CT molecular complexity index is 1470. The lowest BCUT2D eigenvalue weighted by molar-refractivity contribution is 0.0946. The van der Waals surface area contributed by atoms with Gasteiger partial charge >= 0.3 is 5.69 Å². The number of H-pyrrole nitrogens is 2. The number of pyridine rings is 1. The molecule has 8 nitrogen and oxygen atoms in total. The van der Waals surface area contributed by atoms with Gasteiger partial charge in [-0.25, -0.2) is 9.78 Å². The first-order valence-corrected chi connectivity index (χ1v) is 10.2. The topological polar surface area (TPSA) is 117 Å². The molecule has 1 aliphatic rings. The third kappa shape index (κ3) is 3.66. The van der Waals surface area contributed by atoms with Crippen molar-refractivity contribution in [1.82, 2.24) is 20.3 Å². The van der Waals surface area contributed by atoms with E-state index in [1.165, 1.54) is 11.6 Å². The van der Waals surface area contributed by atoms with Crippen molar-refractivity contribution >= 4 is 16.9 Å². The number of carbonyl (C=O) groups excluding carboxylic acids is 1. The van der Waals surface area contributed by atoms with Crippen LogP contribution in [-0.4, -0.2) is 27.5 Å². The van der Waals surface area contributed by atoms with Crippen molar-refractivity contribution in [3.8, 4) is 16.9 Å². The number of aryl methyl sites for hydroxylation is 1. The molecule has 1 amide bonds. The molecule has 0 fully saturated rings. The number of aromatic amines is 2. The average molecular weight is 428 g/mol. The van der Waals surface area contributed by atoms with Crippen molar-refractivity contribution in [3.63, 3.8) is 0 Å². The van der Waals surface area contributed by atoms with Crippen LogP contribution in [0.2, 0.25) is 0 Å². The van der Waals surface area contributed by atoms with Crippen LogP contribution >= 0.6 is 0 Å². The van der Waals surface area contributed by atoms with E-state index in [9.17, 15) is 14.4 Å².